The van der Waals surface area contributed by atoms with Gasteiger partial charge in [-0.05, 0) is 13.8 Å². The van der Waals surface area contributed by atoms with E-state index in [1.54, 1.807) is 15.9 Å². The van der Waals surface area contributed by atoms with Gasteiger partial charge in [0, 0.05) is 27.7 Å². The first kappa shape index (κ1) is 15.5. The largest absolute Gasteiger partial charge is 0.326 e. The van der Waals surface area contributed by atoms with E-state index in [1.807, 2.05) is 27.7 Å². The van der Waals surface area contributed by atoms with Crippen LogP contribution in [-0.2, 0) is 15.6 Å². The molecule has 0 N–H and O–H groups in total. The molecule has 110 valence electrons. The summed E-state index contributed by atoms with van der Waals surface area (Å²) >= 11 is 1.60. The van der Waals surface area contributed by atoms with Crippen molar-refractivity contribution in [1.82, 2.24) is 14.5 Å². The quantitative estimate of drug-likeness (QED) is 0.807. The molecular weight excluding hydrogens is 318 g/mol. The zero-order valence-electron chi connectivity index (χ0n) is 11.7. The molecule has 0 saturated carbocycles. The summed E-state index contributed by atoms with van der Waals surface area (Å²) in [4.78, 5) is 9.75. The Kier molecular flexibility index (Phi) is 4.22. The summed E-state index contributed by atoms with van der Waals surface area (Å²) in [7, 11) is 1.55. The normalized spacial score (nSPS) is 12.3. The highest BCUT2D eigenvalue weighted by Crippen LogP contribution is 2.23. The lowest BCUT2D eigenvalue weighted by molar-refractivity contribution is 0.606. The van der Waals surface area contributed by atoms with Crippen molar-refractivity contribution in [1.29, 1.82) is 0 Å². The first-order valence-corrected chi connectivity index (χ1v) is 9.25. The van der Waals surface area contributed by atoms with Gasteiger partial charge in [-0.15, -0.1) is 11.3 Å². The van der Waals surface area contributed by atoms with Gasteiger partial charge in [-0.25, -0.2) is 18.4 Å². The highest BCUT2D eigenvalue weighted by atomic mass is 35.7. The molecule has 0 spiro atoms. The zero-order chi connectivity index (χ0) is 15.1. The molecule has 2 aromatic heterocycles. The van der Waals surface area contributed by atoms with Gasteiger partial charge < -0.3 is 4.57 Å². The molecule has 0 aliphatic rings. The molecule has 0 bridgehead atoms. The summed E-state index contributed by atoms with van der Waals surface area (Å²) in [5, 5.41) is 0.825. The summed E-state index contributed by atoms with van der Waals surface area (Å²) < 4.78 is 24.6. The minimum absolute atomic E-state index is 0.101. The number of nitrogens with zero attached hydrogens (tertiary/aromatic N) is 3. The average molecular weight is 334 g/mol. The first-order chi connectivity index (χ1) is 9.18. The SMILES string of the molecule is Cc1nc(Cn2cc(S(=O)(=O)Cl)nc2C(C)C)sc1C. The molecule has 2 rings (SSSR count). The maximum atomic E-state index is 11.4. The van der Waals surface area contributed by atoms with Crippen LogP contribution < -0.4 is 0 Å². The lowest BCUT2D eigenvalue weighted by atomic mass is 10.2. The Bertz CT molecular complexity index is 712. The molecule has 0 unspecified atom stereocenters. The van der Waals surface area contributed by atoms with Crippen LogP contribution in [-0.4, -0.2) is 23.0 Å². The Morgan fingerprint density at radius 3 is 2.45 bits per heavy atom. The lowest BCUT2D eigenvalue weighted by Crippen LogP contribution is -2.05. The minimum Gasteiger partial charge on any atom is -0.326 e. The van der Waals surface area contributed by atoms with Crippen LogP contribution in [0.4, 0.5) is 0 Å². The summed E-state index contributed by atoms with van der Waals surface area (Å²) in [6.45, 7) is 8.40. The molecule has 0 saturated heterocycles. The number of aromatic nitrogens is 3. The van der Waals surface area contributed by atoms with Gasteiger partial charge in [-0.3, -0.25) is 0 Å². The van der Waals surface area contributed by atoms with E-state index in [4.69, 9.17) is 10.7 Å². The number of rotatable bonds is 4. The highest BCUT2D eigenvalue weighted by molar-refractivity contribution is 8.13. The Hall–Kier alpha value is -0.920. The predicted octanol–water partition coefficient (Wildman–Crippen LogP) is 3.06. The van der Waals surface area contributed by atoms with E-state index >= 15 is 0 Å². The summed E-state index contributed by atoms with van der Waals surface area (Å²) in [6, 6.07) is 0. The fourth-order valence-corrected chi connectivity index (χ4v) is 3.47. The van der Waals surface area contributed by atoms with Crippen LogP contribution in [0.25, 0.3) is 0 Å². The molecule has 2 aromatic rings. The van der Waals surface area contributed by atoms with Gasteiger partial charge in [0.15, 0.2) is 5.03 Å². The number of halogens is 1. The van der Waals surface area contributed by atoms with E-state index in [0.717, 1.165) is 15.6 Å². The number of imidazole rings is 1. The topological polar surface area (TPSA) is 64.8 Å². The molecular formula is C12H16ClN3O2S2. The lowest BCUT2D eigenvalue weighted by Gasteiger charge is -2.07. The van der Waals surface area contributed by atoms with Crippen molar-refractivity contribution < 1.29 is 8.42 Å². The molecule has 0 amide bonds. The van der Waals surface area contributed by atoms with Crippen molar-refractivity contribution in [3.05, 3.63) is 27.6 Å². The van der Waals surface area contributed by atoms with Gasteiger partial charge >= 0.3 is 0 Å². The van der Waals surface area contributed by atoms with E-state index < -0.39 is 9.05 Å². The fourth-order valence-electron chi connectivity index (χ4n) is 1.86. The van der Waals surface area contributed by atoms with E-state index in [9.17, 15) is 8.42 Å². The summed E-state index contributed by atoms with van der Waals surface area (Å²) in [5.74, 6) is 0.791. The monoisotopic (exact) mass is 333 g/mol. The molecule has 20 heavy (non-hydrogen) atoms. The van der Waals surface area contributed by atoms with Crippen molar-refractivity contribution in [2.24, 2.45) is 0 Å². The van der Waals surface area contributed by atoms with E-state index in [0.29, 0.717) is 12.4 Å². The predicted molar refractivity (Wildman–Crippen MR) is 80.0 cm³/mol. The second kappa shape index (κ2) is 5.46. The Morgan fingerprint density at radius 2 is 2.00 bits per heavy atom. The van der Waals surface area contributed by atoms with Gasteiger partial charge in [-0.2, -0.15) is 0 Å². The third kappa shape index (κ3) is 3.21. The molecule has 0 aliphatic carbocycles. The molecule has 0 aliphatic heterocycles. The molecule has 8 heteroatoms. The van der Waals surface area contributed by atoms with Gasteiger partial charge in [-0.1, -0.05) is 13.8 Å². The highest BCUT2D eigenvalue weighted by Gasteiger charge is 2.20. The van der Waals surface area contributed by atoms with Crippen LogP contribution in [0.1, 0.15) is 41.2 Å². The van der Waals surface area contributed by atoms with E-state index in [1.165, 1.54) is 6.20 Å². The van der Waals surface area contributed by atoms with Crippen molar-refractivity contribution in [3.8, 4) is 0 Å². The van der Waals surface area contributed by atoms with Crippen molar-refractivity contribution in [3.63, 3.8) is 0 Å². The minimum atomic E-state index is -3.81. The van der Waals surface area contributed by atoms with Crippen LogP contribution in [0.15, 0.2) is 11.2 Å². The second-order valence-electron chi connectivity index (χ2n) is 4.91. The molecule has 0 radical (unpaired) electrons. The third-order valence-electron chi connectivity index (χ3n) is 2.93. The maximum absolute atomic E-state index is 11.4. The molecule has 0 aromatic carbocycles. The maximum Gasteiger partial charge on any atom is 0.280 e. The van der Waals surface area contributed by atoms with Crippen LogP contribution in [0.5, 0.6) is 0 Å². The summed E-state index contributed by atoms with van der Waals surface area (Å²) in [6.07, 6.45) is 1.48. The van der Waals surface area contributed by atoms with Gasteiger partial charge in [0.25, 0.3) is 9.05 Å². The van der Waals surface area contributed by atoms with Gasteiger partial charge in [0.05, 0.1) is 12.2 Å². The van der Waals surface area contributed by atoms with Crippen LogP contribution in [0, 0.1) is 13.8 Å². The molecule has 0 atom stereocenters. The third-order valence-corrected chi connectivity index (χ3v) is 5.16. The van der Waals surface area contributed by atoms with E-state index in [2.05, 4.69) is 9.97 Å². The van der Waals surface area contributed by atoms with Crippen molar-refractivity contribution >= 4 is 31.1 Å². The summed E-state index contributed by atoms with van der Waals surface area (Å²) in [5.41, 5.74) is 1.00. The molecule has 0 fully saturated rings. The Morgan fingerprint density at radius 1 is 1.35 bits per heavy atom. The molecule has 5 nitrogen and oxygen atoms in total. The van der Waals surface area contributed by atoms with Crippen LogP contribution >= 0.6 is 22.0 Å². The molecule has 2 heterocycles. The zero-order valence-corrected chi connectivity index (χ0v) is 14.1. The Balaban J connectivity index is 2.42. The van der Waals surface area contributed by atoms with Crippen LogP contribution in [0.3, 0.4) is 0 Å². The Labute approximate surface area is 127 Å². The standard InChI is InChI=1S/C12H16ClN3O2S2/c1-7(2)12-15-11(20(13,17)18)6-16(12)5-10-14-8(3)9(4)19-10/h6-7H,5H2,1-4H3. The second-order valence-corrected chi connectivity index (χ2v) is 8.71. The van der Waals surface area contributed by atoms with E-state index in [-0.39, 0.29) is 10.9 Å². The van der Waals surface area contributed by atoms with Crippen molar-refractivity contribution in [2.45, 2.75) is 45.2 Å². The van der Waals surface area contributed by atoms with Crippen LogP contribution in [0.2, 0.25) is 0 Å². The van der Waals surface area contributed by atoms with Gasteiger partial charge in [0.1, 0.15) is 10.8 Å². The average Bonchev–Trinajstić information content (AvgIpc) is 2.84. The number of thiazole rings is 1. The fraction of sp³-hybridized carbons (Fsp3) is 0.500. The van der Waals surface area contributed by atoms with Gasteiger partial charge in [0.2, 0.25) is 0 Å². The first-order valence-electron chi connectivity index (χ1n) is 6.13. The number of aryl methyl sites for hydroxylation is 2. The smallest absolute Gasteiger partial charge is 0.280 e. The van der Waals surface area contributed by atoms with Crippen molar-refractivity contribution in [2.75, 3.05) is 0 Å². The number of hydrogen-bond acceptors (Lipinski definition) is 5. The number of hydrogen-bond donors (Lipinski definition) is 0.